The fraction of sp³-hybridized carbons (Fsp3) is 0.0870. The van der Waals surface area contributed by atoms with Crippen molar-refractivity contribution in [3.8, 4) is 0 Å². The molecule has 0 bridgehead atoms. The second-order valence-corrected chi connectivity index (χ2v) is 6.76. The van der Waals surface area contributed by atoms with Crippen LogP contribution in [0.4, 0.5) is 22.7 Å². The Morgan fingerprint density at radius 3 is 2.21 bits per heavy atom. The Hall–Kier alpha value is -4.73. The highest BCUT2D eigenvalue weighted by Gasteiger charge is 2.19. The van der Waals surface area contributed by atoms with Crippen LogP contribution in [0.1, 0.15) is 20.7 Å². The second kappa shape index (κ2) is 10.5. The van der Waals surface area contributed by atoms with Gasteiger partial charge in [-0.3, -0.25) is 19.7 Å². The quantitative estimate of drug-likeness (QED) is 0.272. The van der Waals surface area contributed by atoms with E-state index in [0.717, 1.165) is 6.07 Å². The highest BCUT2D eigenvalue weighted by atomic mass is 16.6. The number of hydrogen-bond acceptors (Lipinski definition) is 7. The summed E-state index contributed by atoms with van der Waals surface area (Å²) in [7, 11) is 1.51. The van der Waals surface area contributed by atoms with Gasteiger partial charge in [-0.1, -0.05) is 18.2 Å². The van der Waals surface area contributed by atoms with E-state index in [1.54, 1.807) is 24.3 Å². The molecule has 0 saturated heterocycles. The molecule has 0 saturated carbocycles. The molecule has 10 heteroatoms. The Balaban J connectivity index is 1.61. The van der Waals surface area contributed by atoms with E-state index in [2.05, 4.69) is 16.0 Å². The summed E-state index contributed by atoms with van der Waals surface area (Å²) < 4.78 is 4.98. The molecule has 33 heavy (non-hydrogen) atoms. The van der Waals surface area contributed by atoms with Gasteiger partial charge in [-0.05, 0) is 48.5 Å². The lowest BCUT2D eigenvalue weighted by Crippen LogP contribution is -2.21. The average molecular weight is 448 g/mol. The zero-order valence-corrected chi connectivity index (χ0v) is 17.5. The zero-order chi connectivity index (χ0) is 23.8. The number of anilines is 3. The molecular formula is C23H20N4O6. The van der Waals surface area contributed by atoms with E-state index in [1.165, 1.54) is 43.4 Å². The van der Waals surface area contributed by atoms with Crippen LogP contribution in [0.3, 0.4) is 0 Å². The minimum absolute atomic E-state index is 0.0666. The number of amides is 2. The number of nitro benzene ring substituents is 1. The van der Waals surface area contributed by atoms with Gasteiger partial charge in [-0.25, -0.2) is 4.79 Å². The summed E-state index contributed by atoms with van der Waals surface area (Å²) in [6.45, 7) is -0.589. The first kappa shape index (κ1) is 22.9. The van der Waals surface area contributed by atoms with Gasteiger partial charge in [0, 0.05) is 30.1 Å². The molecule has 2 amide bonds. The number of nitrogens with zero attached hydrogens (tertiary/aromatic N) is 1. The predicted molar refractivity (Wildman–Crippen MR) is 122 cm³/mol. The van der Waals surface area contributed by atoms with Gasteiger partial charge >= 0.3 is 5.97 Å². The van der Waals surface area contributed by atoms with E-state index in [-0.39, 0.29) is 22.8 Å². The van der Waals surface area contributed by atoms with E-state index in [1.807, 2.05) is 6.07 Å². The number of nitrogens with one attached hydrogen (secondary N) is 3. The molecule has 0 radical (unpaired) electrons. The number of rotatable bonds is 8. The van der Waals surface area contributed by atoms with Crippen LogP contribution in [0.2, 0.25) is 0 Å². The highest BCUT2D eigenvalue weighted by Crippen LogP contribution is 2.29. The summed E-state index contributed by atoms with van der Waals surface area (Å²) >= 11 is 0. The summed E-state index contributed by atoms with van der Waals surface area (Å²) in [5.41, 5.74) is 1.32. The van der Waals surface area contributed by atoms with Gasteiger partial charge < -0.3 is 20.7 Å². The van der Waals surface area contributed by atoms with Crippen molar-refractivity contribution in [1.82, 2.24) is 5.32 Å². The fourth-order valence-corrected chi connectivity index (χ4v) is 2.85. The molecule has 0 aliphatic heterocycles. The van der Waals surface area contributed by atoms with E-state index in [4.69, 9.17) is 4.74 Å². The number of hydrogen-bond donors (Lipinski definition) is 3. The van der Waals surface area contributed by atoms with Gasteiger partial charge in [0.2, 0.25) is 0 Å². The fourth-order valence-electron chi connectivity index (χ4n) is 2.85. The third kappa shape index (κ3) is 6.14. The van der Waals surface area contributed by atoms with Crippen molar-refractivity contribution < 1.29 is 24.0 Å². The van der Waals surface area contributed by atoms with Gasteiger partial charge in [0.15, 0.2) is 6.61 Å². The summed E-state index contributed by atoms with van der Waals surface area (Å²) in [5, 5.41) is 19.4. The number of para-hydroxylation sites is 1. The van der Waals surface area contributed by atoms with Gasteiger partial charge in [-0.2, -0.15) is 0 Å². The lowest BCUT2D eigenvalue weighted by Gasteiger charge is -2.09. The van der Waals surface area contributed by atoms with Crippen LogP contribution in [-0.2, 0) is 9.53 Å². The predicted octanol–water partition coefficient (Wildman–Crippen LogP) is 3.49. The number of ether oxygens (including phenoxy) is 1. The number of carbonyl (C=O) groups is 3. The van der Waals surface area contributed by atoms with Crippen molar-refractivity contribution in [2.45, 2.75) is 0 Å². The van der Waals surface area contributed by atoms with Crippen molar-refractivity contribution in [3.05, 3.63) is 94.0 Å². The molecule has 3 rings (SSSR count). The Morgan fingerprint density at radius 1 is 0.909 bits per heavy atom. The van der Waals surface area contributed by atoms with E-state index in [0.29, 0.717) is 16.9 Å². The van der Waals surface area contributed by atoms with E-state index >= 15 is 0 Å². The average Bonchev–Trinajstić information content (AvgIpc) is 2.83. The normalized spacial score (nSPS) is 10.1. The van der Waals surface area contributed by atoms with E-state index < -0.39 is 23.4 Å². The lowest BCUT2D eigenvalue weighted by atomic mass is 10.1. The van der Waals surface area contributed by atoms with Crippen LogP contribution in [0, 0.1) is 10.1 Å². The molecule has 0 aliphatic carbocycles. The van der Waals surface area contributed by atoms with Crippen molar-refractivity contribution in [3.63, 3.8) is 0 Å². The summed E-state index contributed by atoms with van der Waals surface area (Å²) in [6.07, 6.45) is 0. The Kier molecular flexibility index (Phi) is 7.32. The molecule has 3 aromatic carbocycles. The smallest absolute Gasteiger partial charge is 0.338 e. The van der Waals surface area contributed by atoms with Crippen molar-refractivity contribution in [2.75, 3.05) is 24.3 Å². The maximum Gasteiger partial charge on any atom is 0.338 e. The Labute approximate surface area is 188 Å². The Morgan fingerprint density at radius 2 is 1.58 bits per heavy atom. The Bertz CT molecular complexity index is 1180. The van der Waals surface area contributed by atoms with Crippen LogP contribution in [0.25, 0.3) is 0 Å². The maximum atomic E-state index is 12.3. The summed E-state index contributed by atoms with van der Waals surface area (Å²) in [4.78, 5) is 46.8. The van der Waals surface area contributed by atoms with Gasteiger partial charge in [0.1, 0.15) is 5.69 Å². The SMILES string of the molecule is CNC(=O)c1ccc(NC(=O)COC(=O)c2ccc(Nc3ccccc3)c([N+](=O)[O-])c2)cc1. The van der Waals surface area contributed by atoms with Crippen LogP contribution < -0.4 is 16.0 Å². The molecule has 0 aromatic heterocycles. The van der Waals surface area contributed by atoms with Gasteiger partial charge in [0.25, 0.3) is 17.5 Å². The molecular weight excluding hydrogens is 428 g/mol. The van der Waals surface area contributed by atoms with Gasteiger partial charge in [-0.15, -0.1) is 0 Å². The minimum atomic E-state index is -0.880. The topological polar surface area (TPSA) is 140 Å². The van der Waals surface area contributed by atoms with Crippen LogP contribution in [0.15, 0.2) is 72.8 Å². The first-order chi connectivity index (χ1) is 15.9. The molecule has 10 nitrogen and oxygen atoms in total. The molecule has 0 spiro atoms. The molecule has 0 aliphatic rings. The monoisotopic (exact) mass is 448 g/mol. The number of carbonyl (C=O) groups excluding carboxylic acids is 3. The van der Waals surface area contributed by atoms with Crippen molar-refractivity contribution in [2.24, 2.45) is 0 Å². The molecule has 168 valence electrons. The number of nitro groups is 1. The molecule has 0 heterocycles. The largest absolute Gasteiger partial charge is 0.452 e. The van der Waals surface area contributed by atoms with Crippen molar-refractivity contribution >= 4 is 40.5 Å². The number of esters is 1. The molecule has 3 aromatic rings. The molecule has 3 N–H and O–H groups in total. The standard InChI is InChI=1S/C23H20N4O6/c1-24-22(29)15-7-10-18(11-8-15)26-21(28)14-33-23(30)16-9-12-19(20(13-16)27(31)32)25-17-5-3-2-4-6-17/h2-13,25H,14H2,1H3,(H,24,29)(H,26,28). The summed E-state index contributed by atoms with van der Waals surface area (Å²) in [5.74, 6) is -1.75. The van der Waals surface area contributed by atoms with Crippen molar-refractivity contribution in [1.29, 1.82) is 0 Å². The molecule has 0 atom stereocenters. The van der Waals surface area contributed by atoms with Crippen LogP contribution >= 0.6 is 0 Å². The summed E-state index contributed by atoms with van der Waals surface area (Å²) in [6, 6.07) is 18.9. The third-order valence-corrected chi connectivity index (χ3v) is 4.48. The van der Waals surface area contributed by atoms with Crippen LogP contribution in [0.5, 0.6) is 0 Å². The third-order valence-electron chi connectivity index (χ3n) is 4.48. The second-order valence-electron chi connectivity index (χ2n) is 6.76. The lowest BCUT2D eigenvalue weighted by molar-refractivity contribution is -0.383. The first-order valence-corrected chi connectivity index (χ1v) is 9.77. The molecule has 0 unspecified atom stereocenters. The van der Waals surface area contributed by atoms with Gasteiger partial charge in [0.05, 0.1) is 10.5 Å². The minimum Gasteiger partial charge on any atom is -0.452 e. The first-order valence-electron chi connectivity index (χ1n) is 9.77. The van der Waals surface area contributed by atoms with Crippen LogP contribution in [-0.4, -0.2) is 36.4 Å². The number of benzene rings is 3. The zero-order valence-electron chi connectivity index (χ0n) is 17.5. The van der Waals surface area contributed by atoms with E-state index in [9.17, 15) is 24.5 Å². The molecule has 0 fully saturated rings. The highest BCUT2D eigenvalue weighted by molar-refractivity contribution is 5.97. The maximum absolute atomic E-state index is 12.3.